The number of aromatic nitrogens is 4. The molecule has 0 aromatic carbocycles. The van der Waals surface area contributed by atoms with E-state index >= 15 is 0 Å². The van der Waals surface area contributed by atoms with Gasteiger partial charge in [-0.1, -0.05) is 6.07 Å². The average Bonchev–Trinajstić information content (AvgIpc) is 3.19. The standard InChI is InChI=1S/C18H25N7O2/c1-18(2,3)22-17(27)21-11-15-24-23-14-8-7-13(25(14)15)16(26)20-10-12-6-4-5-9-19-12/h4-6,9,13H,7-8,10-11H2,1-3H3,(H,20,26)(H2,21,22,27). The fourth-order valence-electron chi connectivity index (χ4n) is 3.00. The van der Waals surface area contributed by atoms with Gasteiger partial charge in [0.1, 0.15) is 11.9 Å². The van der Waals surface area contributed by atoms with Crippen molar-refractivity contribution in [2.45, 2.75) is 58.3 Å². The van der Waals surface area contributed by atoms with E-state index in [1.54, 1.807) is 6.20 Å². The van der Waals surface area contributed by atoms with E-state index in [4.69, 9.17) is 0 Å². The Morgan fingerprint density at radius 3 is 2.70 bits per heavy atom. The summed E-state index contributed by atoms with van der Waals surface area (Å²) in [6.07, 6.45) is 3.05. The molecule has 1 aliphatic rings. The van der Waals surface area contributed by atoms with Gasteiger partial charge in [-0.15, -0.1) is 10.2 Å². The molecule has 3 amide bonds. The molecule has 144 valence electrons. The summed E-state index contributed by atoms with van der Waals surface area (Å²) in [5.41, 5.74) is 0.471. The number of nitrogens with zero attached hydrogens (tertiary/aromatic N) is 4. The van der Waals surface area contributed by atoms with E-state index in [2.05, 4.69) is 31.1 Å². The molecule has 9 heteroatoms. The Kier molecular flexibility index (Phi) is 5.38. The molecule has 3 N–H and O–H groups in total. The normalized spacial score (nSPS) is 15.9. The van der Waals surface area contributed by atoms with Crippen molar-refractivity contribution in [2.75, 3.05) is 0 Å². The van der Waals surface area contributed by atoms with Crippen molar-refractivity contribution in [1.82, 2.24) is 35.7 Å². The fourth-order valence-corrected chi connectivity index (χ4v) is 3.00. The molecule has 0 saturated carbocycles. The first-order valence-electron chi connectivity index (χ1n) is 9.00. The number of nitrogens with one attached hydrogen (secondary N) is 3. The number of aryl methyl sites for hydroxylation is 1. The van der Waals surface area contributed by atoms with Gasteiger partial charge in [0.25, 0.3) is 0 Å². The lowest BCUT2D eigenvalue weighted by Gasteiger charge is -2.21. The Morgan fingerprint density at radius 1 is 1.19 bits per heavy atom. The highest BCUT2D eigenvalue weighted by Gasteiger charge is 2.32. The summed E-state index contributed by atoms with van der Waals surface area (Å²) < 4.78 is 1.82. The van der Waals surface area contributed by atoms with E-state index in [1.165, 1.54) is 0 Å². The highest BCUT2D eigenvalue weighted by Crippen LogP contribution is 2.26. The summed E-state index contributed by atoms with van der Waals surface area (Å²) in [6.45, 7) is 6.30. The van der Waals surface area contributed by atoms with Crippen LogP contribution < -0.4 is 16.0 Å². The zero-order valence-corrected chi connectivity index (χ0v) is 15.8. The molecule has 0 saturated heterocycles. The first-order valence-corrected chi connectivity index (χ1v) is 9.00. The van der Waals surface area contributed by atoms with E-state index in [9.17, 15) is 9.59 Å². The van der Waals surface area contributed by atoms with Crippen LogP contribution in [-0.2, 0) is 24.3 Å². The van der Waals surface area contributed by atoms with Crippen LogP contribution in [-0.4, -0.2) is 37.2 Å². The zero-order valence-electron chi connectivity index (χ0n) is 15.8. The van der Waals surface area contributed by atoms with Gasteiger partial charge in [0.15, 0.2) is 5.82 Å². The van der Waals surface area contributed by atoms with Crippen molar-refractivity contribution >= 4 is 11.9 Å². The molecule has 3 heterocycles. The van der Waals surface area contributed by atoms with Crippen LogP contribution in [0.25, 0.3) is 0 Å². The predicted molar refractivity (Wildman–Crippen MR) is 98.6 cm³/mol. The SMILES string of the molecule is CC(C)(C)NC(=O)NCc1nnc2n1C(C(=O)NCc1ccccn1)CC2. The Hall–Kier alpha value is -2.97. The van der Waals surface area contributed by atoms with E-state index in [1.807, 2.05) is 43.5 Å². The molecule has 9 nitrogen and oxygen atoms in total. The molecule has 27 heavy (non-hydrogen) atoms. The molecule has 0 fully saturated rings. The molecule has 0 aliphatic carbocycles. The molecule has 0 spiro atoms. The minimum absolute atomic E-state index is 0.0976. The minimum Gasteiger partial charge on any atom is -0.349 e. The van der Waals surface area contributed by atoms with E-state index < -0.39 is 0 Å². The van der Waals surface area contributed by atoms with Crippen molar-refractivity contribution in [3.05, 3.63) is 41.7 Å². The van der Waals surface area contributed by atoms with Gasteiger partial charge in [-0.2, -0.15) is 0 Å². The van der Waals surface area contributed by atoms with Crippen LogP contribution in [0.4, 0.5) is 4.79 Å². The van der Waals surface area contributed by atoms with Crippen LogP contribution in [0.2, 0.25) is 0 Å². The second-order valence-electron chi connectivity index (χ2n) is 7.55. The summed E-state index contributed by atoms with van der Waals surface area (Å²) in [5.74, 6) is 1.24. The van der Waals surface area contributed by atoms with Crippen LogP contribution >= 0.6 is 0 Å². The maximum absolute atomic E-state index is 12.6. The number of hydrogen-bond donors (Lipinski definition) is 3. The Morgan fingerprint density at radius 2 is 2.00 bits per heavy atom. The third-order valence-electron chi connectivity index (χ3n) is 4.16. The van der Waals surface area contributed by atoms with E-state index in [-0.39, 0.29) is 30.1 Å². The fraction of sp³-hybridized carbons (Fsp3) is 0.500. The summed E-state index contributed by atoms with van der Waals surface area (Å²) >= 11 is 0. The molecule has 1 aliphatic heterocycles. The quantitative estimate of drug-likeness (QED) is 0.728. The van der Waals surface area contributed by atoms with Crippen molar-refractivity contribution in [1.29, 1.82) is 0 Å². The maximum Gasteiger partial charge on any atom is 0.315 e. The Bertz CT molecular complexity index is 811. The number of hydrogen-bond acceptors (Lipinski definition) is 5. The van der Waals surface area contributed by atoms with Gasteiger partial charge in [-0.25, -0.2) is 4.79 Å². The van der Waals surface area contributed by atoms with Gasteiger partial charge in [0.2, 0.25) is 5.91 Å². The molecule has 0 bridgehead atoms. The van der Waals surface area contributed by atoms with Gasteiger partial charge in [0, 0.05) is 18.2 Å². The van der Waals surface area contributed by atoms with Crippen molar-refractivity contribution < 1.29 is 9.59 Å². The highest BCUT2D eigenvalue weighted by molar-refractivity contribution is 5.81. The number of amides is 3. The van der Waals surface area contributed by atoms with Gasteiger partial charge in [-0.3, -0.25) is 9.78 Å². The van der Waals surface area contributed by atoms with Crippen LogP contribution in [0.3, 0.4) is 0 Å². The van der Waals surface area contributed by atoms with Crippen LogP contribution in [0.1, 0.15) is 50.6 Å². The molecule has 1 unspecified atom stereocenters. The van der Waals surface area contributed by atoms with Gasteiger partial charge in [0.05, 0.1) is 18.8 Å². The molecular formula is C18H25N7O2. The van der Waals surface area contributed by atoms with Gasteiger partial charge >= 0.3 is 6.03 Å². The van der Waals surface area contributed by atoms with Crippen LogP contribution in [0.15, 0.2) is 24.4 Å². The summed E-state index contributed by atoms with van der Waals surface area (Å²) in [6, 6.07) is 4.92. The van der Waals surface area contributed by atoms with E-state index in [0.29, 0.717) is 25.2 Å². The minimum atomic E-state index is -0.374. The number of carbonyl (C=O) groups is 2. The summed E-state index contributed by atoms with van der Waals surface area (Å²) in [5, 5.41) is 16.8. The van der Waals surface area contributed by atoms with E-state index in [0.717, 1.165) is 11.5 Å². The highest BCUT2D eigenvalue weighted by atomic mass is 16.2. The summed E-state index contributed by atoms with van der Waals surface area (Å²) in [4.78, 5) is 28.8. The third kappa shape index (κ3) is 4.81. The number of pyridine rings is 1. The van der Waals surface area contributed by atoms with Crippen molar-refractivity contribution in [2.24, 2.45) is 0 Å². The second-order valence-corrected chi connectivity index (χ2v) is 7.55. The second kappa shape index (κ2) is 7.73. The number of urea groups is 1. The molecule has 0 radical (unpaired) electrons. The molecule has 2 aromatic heterocycles. The molecular weight excluding hydrogens is 346 g/mol. The number of rotatable bonds is 5. The molecule has 3 rings (SSSR count). The zero-order chi connectivity index (χ0) is 19.4. The largest absolute Gasteiger partial charge is 0.349 e. The average molecular weight is 371 g/mol. The number of carbonyl (C=O) groups excluding carboxylic acids is 2. The Balaban J connectivity index is 1.61. The Labute approximate surface area is 158 Å². The maximum atomic E-state index is 12.6. The number of fused-ring (bicyclic) bond motifs is 1. The van der Waals surface area contributed by atoms with Crippen LogP contribution in [0, 0.1) is 0 Å². The lowest BCUT2D eigenvalue weighted by molar-refractivity contribution is -0.124. The van der Waals surface area contributed by atoms with Crippen molar-refractivity contribution in [3.8, 4) is 0 Å². The van der Waals surface area contributed by atoms with Crippen LogP contribution in [0.5, 0.6) is 0 Å². The van der Waals surface area contributed by atoms with Gasteiger partial charge < -0.3 is 20.5 Å². The molecule has 1 atom stereocenters. The van der Waals surface area contributed by atoms with Crippen molar-refractivity contribution in [3.63, 3.8) is 0 Å². The first kappa shape index (κ1) is 18.8. The lowest BCUT2D eigenvalue weighted by Crippen LogP contribution is -2.46. The third-order valence-corrected chi connectivity index (χ3v) is 4.16. The predicted octanol–water partition coefficient (Wildman–Crippen LogP) is 1.07. The molecule has 2 aromatic rings. The topological polar surface area (TPSA) is 114 Å². The summed E-state index contributed by atoms with van der Waals surface area (Å²) in [7, 11) is 0. The monoisotopic (exact) mass is 371 g/mol. The van der Waals surface area contributed by atoms with Gasteiger partial charge in [-0.05, 0) is 39.3 Å². The first-order chi connectivity index (χ1) is 12.8. The smallest absolute Gasteiger partial charge is 0.315 e. The lowest BCUT2D eigenvalue weighted by atomic mass is 10.1.